The molecule has 5 nitrogen and oxygen atoms in total. The van der Waals surface area contributed by atoms with Gasteiger partial charge in [0.2, 0.25) is 0 Å². The van der Waals surface area contributed by atoms with E-state index in [1.54, 1.807) is 24.3 Å². The first-order valence-electron chi connectivity index (χ1n) is 5.79. The van der Waals surface area contributed by atoms with Crippen molar-refractivity contribution >= 4 is 15.7 Å². The summed E-state index contributed by atoms with van der Waals surface area (Å²) in [4.78, 5) is 17.0. The molecule has 0 bridgehead atoms. The molecule has 0 heterocycles. The number of hydroxylamine groups is 1. The van der Waals surface area contributed by atoms with E-state index in [-0.39, 0.29) is 10.8 Å². The summed E-state index contributed by atoms with van der Waals surface area (Å²) in [6.07, 6.45) is 1.13. The Morgan fingerprint density at radius 2 is 1.60 bits per heavy atom. The number of sulfone groups is 1. The zero-order chi connectivity index (χ0) is 14.6. The minimum absolute atomic E-state index is 0.194. The quantitative estimate of drug-likeness (QED) is 0.872. The van der Waals surface area contributed by atoms with Gasteiger partial charge in [0.25, 0.3) is 5.91 Å². The zero-order valence-electron chi connectivity index (χ0n) is 10.7. The summed E-state index contributed by atoms with van der Waals surface area (Å²) in [7, 11) is -3.24. The number of nitrogens with one attached hydrogen (secondary N) is 1. The molecule has 1 N–H and O–H groups in total. The number of rotatable bonds is 4. The number of carbonyl (C=O) groups excluding carboxylic acids is 1. The smallest absolute Gasteiger partial charge is 0.283 e. The van der Waals surface area contributed by atoms with Gasteiger partial charge in [0.05, 0.1) is 4.90 Å². The van der Waals surface area contributed by atoms with E-state index in [4.69, 9.17) is 4.84 Å². The van der Waals surface area contributed by atoms with E-state index in [0.717, 1.165) is 6.26 Å². The van der Waals surface area contributed by atoms with Gasteiger partial charge in [-0.15, -0.1) is 0 Å². The maximum atomic E-state index is 11.7. The highest BCUT2D eigenvalue weighted by Gasteiger charge is 2.08. The van der Waals surface area contributed by atoms with Crippen molar-refractivity contribution in [2.24, 2.45) is 0 Å². The zero-order valence-corrected chi connectivity index (χ0v) is 11.6. The van der Waals surface area contributed by atoms with E-state index in [9.17, 15) is 13.2 Å². The molecule has 20 heavy (non-hydrogen) atoms. The van der Waals surface area contributed by atoms with E-state index < -0.39 is 9.84 Å². The third-order valence-electron chi connectivity index (χ3n) is 2.55. The number of benzene rings is 2. The van der Waals surface area contributed by atoms with Crippen LogP contribution in [0.1, 0.15) is 10.4 Å². The second kappa shape index (κ2) is 5.75. The third-order valence-corrected chi connectivity index (χ3v) is 3.68. The predicted octanol–water partition coefficient (Wildman–Crippen LogP) is 1.81. The molecule has 0 aliphatic rings. The van der Waals surface area contributed by atoms with Crippen LogP contribution in [0.25, 0.3) is 0 Å². The van der Waals surface area contributed by atoms with E-state index in [0.29, 0.717) is 11.3 Å². The molecule has 0 spiro atoms. The Balaban J connectivity index is 2.00. The van der Waals surface area contributed by atoms with Crippen molar-refractivity contribution in [2.75, 3.05) is 6.26 Å². The monoisotopic (exact) mass is 291 g/mol. The summed E-state index contributed by atoms with van der Waals surface area (Å²) >= 11 is 0. The van der Waals surface area contributed by atoms with Crippen LogP contribution in [-0.2, 0) is 9.84 Å². The van der Waals surface area contributed by atoms with Crippen molar-refractivity contribution in [2.45, 2.75) is 4.90 Å². The van der Waals surface area contributed by atoms with Crippen molar-refractivity contribution in [3.8, 4) is 5.75 Å². The fraction of sp³-hybridized carbons (Fsp3) is 0.0714. The van der Waals surface area contributed by atoms with Crippen LogP contribution < -0.4 is 10.3 Å². The first-order valence-corrected chi connectivity index (χ1v) is 7.68. The van der Waals surface area contributed by atoms with Gasteiger partial charge in [0.1, 0.15) is 0 Å². The van der Waals surface area contributed by atoms with E-state index >= 15 is 0 Å². The molecular formula is C14H13NO4S. The van der Waals surface area contributed by atoms with Gasteiger partial charge in [0, 0.05) is 11.8 Å². The van der Waals surface area contributed by atoms with Gasteiger partial charge in [-0.1, -0.05) is 18.2 Å². The average Bonchev–Trinajstić information content (AvgIpc) is 2.45. The lowest BCUT2D eigenvalue weighted by Crippen LogP contribution is -2.26. The second-order valence-corrected chi connectivity index (χ2v) is 6.16. The largest absolute Gasteiger partial charge is 0.379 e. The van der Waals surface area contributed by atoms with Gasteiger partial charge in [-0.3, -0.25) is 4.79 Å². The Kier molecular flexibility index (Phi) is 4.05. The third kappa shape index (κ3) is 3.58. The van der Waals surface area contributed by atoms with Gasteiger partial charge >= 0.3 is 0 Å². The molecule has 0 radical (unpaired) electrons. The fourth-order valence-corrected chi connectivity index (χ4v) is 2.14. The highest BCUT2D eigenvalue weighted by Crippen LogP contribution is 2.15. The van der Waals surface area contributed by atoms with Crippen molar-refractivity contribution in [3.63, 3.8) is 0 Å². The summed E-state index contributed by atoms with van der Waals surface area (Å²) < 4.78 is 22.6. The lowest BCUT2D eigenvalue weighted by atomic mass is 10.2. The molecule has 0 atom stereocenters. The van der Waals surface area contributed by atoms with Crippen LogP contribution in [0.5, 0.6) is 5.75 Å². The highest BCUT2D eigenvalue weighted by atomic mass is 32.2. The normalized spacial score (nSPS) is 10.8. The predicted molar refractivity (Wildman–Crippen MR) is 74.1 cm³/mol. The summed E-state index contributed by atoms with van der Waals surface area (Å²) in [5.74, 6) is -0.0283. The van der Waals surface area contributed by atoms with Gasteiger partial charge in [-0.05, 0) is 36.4 Å². The molecule has 2 aromatic rings. The number of amides is 1. The Hall–Kier alpha value is -2.34. The second-order valence-electron chi connectivity index (χ2n) is 4.14. The van der Waals surface area contributed by atoms with Gasteiger partial charge in [-0.2, -0.15) is 5.48 Å². The molecule has 0 saturated carbocycles. The molecule has 104 valence electrons. The topological polar surface area (TPSA) is 72.5 Å². The van der Waals surface area contributed by atoms with Gasteiger partial charge in [0.15, 0.2) is 15.6 Å². The Labute approximate surface area is 117 Å². The summed E-state index contributed by atoms with van der Waals surface area (Å²) in [5, 5.41) is 0. The maximum absolute atomic E-state index is 11.7. The molecule has 0 saturated heterocycles. The van der Waals surface area contributed by atoms with Crippen LogP contribution in [0.4, 0.5) is 0 Å². The molecule has 0 unspecified atom stereocenters. The van der Waals surface area contributed by atoms with Crippen LogP contribution in [0, 0.1) is 0 Å². The lowest BCUT2D eigenvalue weighted by molar-refractivity contribution is 0.0760. The molecule has 0 fully saturated rings. The number of hydrogen-bond donors (Lipinski definition) is 1. The Bertz CT molecular complexity index is 694. The molecule has 0 aromatic heterocycles. The average molecular weight is 291 g/mol. The van der Waals surface area contributed by atoms with Crippen LogP contribution in [0.2, 0.25) is 0 Å². The van der Waals surface area contributed by atoms with Crippen LogP contribution in [0.3, 0.4) is 0 Å². The standard InChI is InChI=1S/C14H13NO4S/c1-20(17,18)13-9-7-12(8-10-13)19-15-14(16)11-5-3-2-4-6-11/h2-10H,1H3,(H,15,16). The first kappa shape index (κ1) is 14.1. The minimum atomic E-state index is -3.24. The molecule has 0 aliphatic heterocycles. The maximum Gasteiger partial charge on any atom is 0.283 e. The molecule has 1 amide bonds. The molecule has 0 aliphatic carbocycles. The fourth-order valence-electron chi connectivity index (χ4n) is 1.51. The van der Waals surface area contributed by atoms with E-state index in [1.807, 2.05) is 6.07 Å². The van der Waals surface area contributed by atoms with Gasteiger partial charge in [-0.25, -0.2) is 8.42 Å². The van der Waals surface area contributed by atoms with Crippen molar-refractivity contribution < 1.29 is 18.0 Å². The minimum Gasteiger partial charge on any atom is -0.379 e. The number of carbonyl (C=O) groups is 1. The molecule has 6 heteroatoms. The van der Waals surface area contributed by atoms with Crippen molar-refractivity contribution in [1.29, 1.82) is 0 Å². The van der Waals surface area contributed by atoms with Gasteiger partial charge < -0.3 is 4.84 Å². The number of hydrogen-bond acceptors (Lipinski definition) is 4. The van der Waals surface area contributed by atoms with Crippen molar-refractivity contribution in [3.05, 3.63) is 60.2 Å². The first-order chi connectivity index (χ1) is 9.47. The van der Waals surface area contributed by atoms with E-state index in [2.05, 4.69) is 5.48 Å². The Morgan fingerprint density at radius 3 is 2.15 bits per heavy atom. The van der Waals surface area contributed by atoms with Crippen LogP contribution in [0.15, 0.2) is 59.5 Å². The molecular weight excluding hydrogens is 278 g/mol. The van der Waals surface area contributed by atoms with Crippen LogP contribution in [-0.4, -0.2) is 20.6 Å². The lowest BCUT2D eigenvalue weighted by Gasteiger charge is -2.07. The van der Waals surface area contributed by atoms with Crippen molar-refractivity contribution in [1.82, 2.24) is 5.48 Å². The summed E-state index contributed by atoms with van der Waals surface area (Å²) in [6, 6.07) is 14.4. The molecule has 2 rings (SSSR count). The Morgan fingerprint density at radius 1 is 1.00 bits per heavy atom. The summed E-state index contributed by atoms with van der Waals surface area (Å²) in [5.41, 5.74) is 2.76. The summed E-state index contributed by atoms with van der Waals surface area (Å²) in [6.45, 7) is 0. The van der Waals surface area contributed by atoms with Crippen LogP contribution >= 0.6 is 0 Å². The highest BCUT2D eigenvalue weighted by molar-refractivity contribution is 7.90. The molecule has 2 aromatic carbocycles. The van der Waals surface area contributed by atoms with E-state index in [1.165, 1.54) is 24.3 Å². The SMILES string of the molecule is CS(=O)(=O)c1ccc(ONC(=O)c2ccccc2)cc1.